The average Bonchev–Trinajstić information content (AvgIpc) is 3.54. The Bertz CT molecular complexity index is 1550. The van der Waals surface area contributed by atoms with Crippen LogP contribution in [0.3, 0.4) is 0 Å². The molecule has 1 fully saturated rings. The molecule has 3 aromatic rings. The van der Waals surface area contributed by atoms with Gasteiger partial charge in [-0.2, -0.15) is 0 Å². The molecule has 1 aliphatic heterocycles. The molecule has 0 N–H and O–H groups in total. The summed E-state index contributed by atoms with van der Waals surface area (Å²) in [5.41, 5.74) is 1.43. The fraction of sp³-hybridized carbons (Fsp3) is 0.375. The maximum Gasteiger partial charge on any atom is 0.325 e. The summed E-state index contributed by atoms with van der Waals surface area (Å²) in [4.78, 5) is 69.5. The van der Waals surface area contributed by atoms with Crippen molar-refractivity contribution < 1.29 is 28.8 Å². The molecular formula is C32H34Cl2N4O7S. The van der Waals surface area contributed by atoms with Gasteiger partial charge in [0.2, 0.25) is 17.7 Å². The summed E-state index contributed by atoms with van der Waals surface area (Å²) < 4.78 is 5.09. The van der Waals surface area contributed by atoms with E-state index in [4.69, 9.17) is 27.9 Å². The number of piperazine rings is 1. The zero-order valence-electron chi connectivity index (χ0n) is 25.2. The molecule has 11 nitrogen and oxygen atoms in total. The second-order valence-electron chi connectivity index (χ2n) is 10.7. The van der Waals surface area contributed by atoms with Gasteiger partial charge in [0.1, 0.15) is 12.6 Å². The number of carbonyl (C=O) groups excluding carboxylic acids is 4. The molecule has 2 heterocycles. The summed E-state index contributed by atoms with van der Waals surface area (Å²) in [7, 11) is 0. The molecule has 0 saturated carbocycles. The van der Waals surface area contributed by atoms with Crippen molar-refractivity contribution >= 4 is 63.9 Å². The molecular weight excluding hydrogens is 655 g/mol. The predicted molar refractivity (Wildman–Crippen MR) is 175 cm³/mol. The van der Waals surface area contributed by atoms with Gasteiger partial charge in [-0.25, -0.2) is 0 Å². The van der Waals surface area contributed by atoms with Crippen LogP contribution in [0.5, 0.6) is 0 Å². The first-order chi connectivity index (χ1) is 22.0. The Kier molecular flexibility index (Phi) is 12.5. The Morgan fingerprint density at radius 2 is 1.83 bits per heavy atom. The van der Waals surface area contributed by atoms with Crippen LogP contribution in [0.15, 0.2) is 60.0 Å². The van der Waals surface area contributed by atoms with Gasteiger partial charge in [0.05, 0.1) is 24.5 Å². The predicted octanol–water partition coefficient (Wildman–Crippen LogP) is 4.81. The van der Waals surface area contributed by atoms with Gasteiger partial charge in [-0.05, 0) is 60.9 Å². The van der Waals surface area contributed by atoms with Gasteiger partial charge < -0.3 is 19.4 Å². The van der Waals surface area contributed by atoms with Crippen LogP contribution in [0, 0.1) is 10.1 Å². The first-order valence-corrected chi connectivity index (χ1v) is 16.4. The normalized spacial score (nSPS) is 14.8. The van der Waals surface area contributed by atoms with E-state index in [0.717, 1.165) is 16.0 Å². The van der Waals surface area contributed by atoms with Gasteiger partial charge in [0.15, 0.2) is 0 Å². The lowest BCUT2D eigenvalue weighted by molar-refractivity contribution is -0.384. The van der Waals surface area contributed by atoms with Crippen molar-refractivity contribution in [2.75, 3.05) is 39.3 Å². The monoisotopic (exact) mass is 688 g/mol. The van der Waals surface area contributed by atoms with Crippen LogP contribution >= 0.6 is 34.5 Å². The molecule has 0 bridgehead atoms. The topological polar surface area (TPSA) is 130 Å². The molecule has 46 heavy (non-hydrogen) atoms. The molecule has 14 heteroatoms. The van der Waals surface area contributed by atoms with Gasteiger partial charge in [-0.1, -0.05) is 47.5 Å². The summed E-state index contributed by atoms with van der Waals surface area (Å²) in [6, 6.07) is 13.8. The minimum absolute atomic E-state index is 0.0609. The molecule has 1 unspecified atom stereocenters. The van der Waals surface area contributed by atoms with E-state index in [2.05, 4.69) is 0 Å². The van der Waals surface area contributed by atoms with E-state index in [1.165, 1.54) is 26.8 Å². The van der Waals surface area contributed by atoms with Gasteiger partial charge >= 0.3 is 5.97 Å². The Labute approximate surface area is 280 Å². The van der Waals surface area contributed by atoms with Gasteiger partial charge in [-0.15, -0.1) is 11.3 Å². The van der Waals surface area contributed by atoms with E-state index in [1.54, 1.807) is 48.6 Å². The number of benzene rings is 2. The Morgan fingerprint density at radius 1 is 1.07 bits per heavy atom. The number of rotatable bonds is 15. The second kappa shape index (κ2) is 16.5. The number of hydrogen-bond donors (Lipinski definition) is 0. The smallest absolute Gasteiger partial charge is 0.325 e. The van der Waals surface area contributed by atoms with Crippen molar-refractivity contribution in [3.05, 3.63) is 96.1 Å². The van der Waals surface area contributed by atoms with Gasteiger partial charge in [0.25, 0.3) is 5.69 Å². The summed E-state index contributed by atoms with van der Waals surface area (Å²) in [5, 5.41) is 13.9. The Balaban J connectivity index is 1.53. The molecule has 244 valence electrons. The molecule has 0 radical (unpaired) electrons. The number of halogens is 2. The van der Waals surface area contributed by atoms with Crippen molar-refractivity contribution in [3.63, 3.8) is 0 Å². The molecule has 2 aromatic carbocycles. The zero-order chi connectivity index (χ0) is 33.2. The summed E-state index contributed by atoms with van der Waals surface area (Å²) in [6.07, 6.45) is 0.882. The number of esters is 1. The number of amides is 3. The van der Waals surface area contributed by atoms with Crippen molar-refractivity contribution in [2.24, 2.45) is 0 Å². The van der Waals surface area contributed by atoms with Crippen LogP contribution in [-0.4, -0.2) is 88.7 Å². The van der Waals surface area contributed by atoms with Crippen molar-refractivity contribution in [3.8, 4) is 0 Å². The number of hydrogen-bond acceptors (Lipinski definition) is 8. The van der Waals surface area contributed by atoms with E-state index in [1.807, 2.05) is 17.5 Å². The quantitative estimate of drug-likeness (QED) is 0.127. The third-order valence-electron chi connectivity index (χ3n) is 7.63. The highest BCUT2D eigenvalue weighted by atomic mass is 35.5. The molecule has 4 rings (SSSR count). The molecule has 1 aromatic heterocycles. The SMILES string of the molecule is CCOC(=O)CN(CCc1ccc([N+](=O)[O-])cc1)C(=O)CC1C(=O)N(CCc2ccc(Cl)cc2Cl)CC(=O)N1CCc1cccs1. The summed E-state index contributed by atoms with van der Waals surface area (Å²) in [5.74, 6) is -1.75. The number of nitrogens with zero attached hydrogens (tertiary/aromatic N) is 4. The summed E-state index contributed by atoms with van der Waals surface area (Å²) >= 11 is 13.9. The zero-order valence-corrected chi connectivity index (χ0v) is 27.6. The van der Waals surface area contributed by atoms with E-state index in [-0.39, 0.29) is 63.3 Å². The van der Waals surface area contributed by atoms with Crippen LogP contribution in [0.2, 0.25) is 10.0 Å². The second-order valence-corrected chi connectivity index (χ2v) is 12.6. The van der Waals surface area contributed by atoms with Crippen LogP contribution in [0.1, 0.15) is 29.3 Å². The number of nitro groups is 1. The molecule has 1 aliphatic rings. The number of carbonyl (C=O) groups is 4. The first kappa shape index (κ1) is 34.9. The molecule has 1 atom stereocenters. The molecule has 1 saturated heterocycles. The average molecular weight is 690 g/mol. The van der Waals surface area contributed by atoms with Crippen LogP contribution in [-0.2, 0) is 43.2 Å². The van der Waals surface area contributed by atoms with Crippen molar-refractivity contribution in [2.45, 2.75) is 38.6 Å². The Hall–Kier alpha value is -4.00. The minimum Gasteiger partial charge on any atom is -0.465 e. The first-order valence-electron chi connectivity index (χ1n) is 14.8. The molecule has 0 aliphatic carbocycles. The highest BCUT2D eigenvalue weighted by Crippen LogP contribution is 2.24. The number of nitro benzene ring substituents is 1. The fourth-order valence-electron chi connectivity index (χ4n) is 5.18. The van der Waals surface area contributed by atoms with Gasteiger partial charge in [-0.3, -0.25) is 29.3 Å². The van der Waals surface area contributed by atoms with Crippen molar-refractivity contribution in [1.29, 1.82) is 0 Å². The standard InChI is InChI=1S/C32H34Cl2N4O7S/c1-2-45-31(41)21-35(14-11-22-5-9-25(10-6-22)38(43)44)29(39)19-28-32(42)36(15-12-23-7-8-24(33)18-27(23)34)20-30(40)37(28)16-13-26-4-3-17-46-26/h3-10,17-18,28H,2,11-16,19-21H2,1H3. The largest absolute Gasteiger partial charge is 0.465 e. The lowest BCUT2D eigenvalue weighted by Crippen LogP contribution is -2.61. The lowest BCUT2D eigenvalue weighted by atomic mass is 10.0. The van der Waals surface area contributed by atoms with Crippen molar-refractivity contribution in [1.82, 2.24) is 14.7 Å². The third-order valence-corrected chi connectivity index (χ3v) is 9.15. The highest BCUT2D eigenvalue weighted by molar-refractivity contribution is 7.09. The maximum absolute atomic E-state index is 13.9. The van der Waals surface area contributed by atoms with E-state index < -0.39 is 22.8 Å². The highest BCUT2D eigenvalue weighted by Gasteiger charge is 2.41. The van der Waals surface area contributed by atoms with Crippen LogP contribution < -0.4 is 0 Å². The number of thiophene rings is 1. The Morgan fingerprint density at radius 3 is 2.48 bits per heavy atom. The van der Waals surface area contributed by atoms with Crippen LogP contribution in [0.25, 0.3) is 0 Å². The fourth-order valence-corrected chi connectivity index (χ4v) is 6.38. The minimum atomic E-state index is -1.07. The molecule has 0 spiro atoms. The van der Waals surface area contributed by atoms with E-state index in [9.17, 15) is 29.3 Å². The number of non-ortho nitro benzene ring substituents is 1. The maximum atomic E-state index is 13.9. The summed E-state index contributed by atoms with van der Waals surface area (Å²) in [6.45, 7) is 1.86. The van der Waals surface area contributed by atoms with Gasteiger partial charge in [0, 0.05) is 46.7 Å². The van der Waals surface area contributed by atoms with Crippen LogP contribution in [0.4, 0.5) is 5.69 Å². The lowest BCUT2D eigenvalue weighted by Gasteiger charge is -2.40. The third kappa shape index (κ3) is 9.51. The van der Waals surface area contributed by atoms with E-state index in [0.29, 0.717) is 29.3 Å². The number of ether oxygens (including phenoxy) is 1. The van der Waals surface area contributed by atoms with E-state index >= 15 is 0 Å². The molecule has 3 amide bonds.